The number of aryl methyl sites for hydroxylation is 1. The number of hydrogen-bond donors (Lipinski definition) is 2. The molecule has 0 atom stereocenters. The lowest BCUT2D eigenvalue weighted by Gasteiger charge is -2.30. The van der Waals surface area contributed by atoms with E-state index < -0.39 is 0 Å². The lowest BCUT2D eigenvalue weighted by atomic mass is 9.95. The fourth-order valence-electron chi connectivity index (χ4n) is 5.14. The van der Waals surface area contributed by atoms with Crippen LogP contribution in [0.4, 0.5) is 5.69 Å². The average molecular weight is 490 g/mol. The molecular formula is C27H28ClN5O2. The molecule has 0 spiro atoms. The zero-order valence-electron chi connectivity index (χ0n) is 19.7. The van der Waals surface area contributed by atoms with Gasteiger partial charge in [0.15, 0.2) is 5.69 Å². The number of halogens is 1. The molecule has 6 rings (SSSR count). The Kier molecular flexibility index (Phi) is 5.61. The quantitative estimate of drug-likeness (QED) is 0.571. The summed E-state index contributed by atoms with van der Waals surface area (Å²) in [6, 6.07) is 11.6. The summed E-state index contributed by atoms with van der Waals surface area (Å²) in [5, 5.41) is 11.6. The van der Waals surface area contributed by atoms with E-state index in [-0.39, 0.29) is 11.8 Å². The number of nitrogens with one attached hydrogen (secondary N) is 2. The standard InChI is InChI=1S/C27H28ClN5O2/c1-16-11-18-7-9-29-15-19(18)12-23(16)32-10-8-22-24(26(34)30-14-17-5-6-17)31-33(25(22)27(32)35)21-4-2-3-20(28)13-21/h2-4,11-13,17,29H,5-10,14-15H2,1H3,(H,30,34). The molecule has 0 radical (unpaired) electrons. The minimum atomic E-state index is -0.216. The van der Waals surface area contributed by atoms with E-state index in [1.165, 1.54) is 11.1 Å². The second-order valence-electron chi connectivity index (χ2n) is 9.76. The van der Waals surface area contributed by atoms with Gasteiger partial charge in [0.25, 0.3) is 11.8 Å². The molecule has 180 valence electrons. The molecule has 3 aromatic rings. The van der Waals surface area contributed by atoms with Crippen LogP contribution in [0, 0.1) is 12.8 Å². The summed E-state index contributed by atoms with van der Waals surface area (Å²) in [5.41, 5.74) is 6.71. The molecule has 2 aromatic carbocycles. The molecule has 8 heteroatoms. The van der Waals surface area contributed by atoms with Crippen LogP contribution < -0.4 is 15.5 Å². The minimum absolute atomic E-state index is 0.146. The van der Waals surface area contributed by atoms with Crippen LogP contribution in [-0.4, -0.2) is 41.2 Å². The van der Waals surface area contributed by atoms with Crippen LogP contribution in [0.25, 0.3) is 5.69 Å². The number of carbonyl (C=O) groups excluding carboxylic acids is 2. The van der Waals surface area contributed by atoms with Gasteiger partial charge in [0.2, 0.25) is 0 Å². The highest BCUT2D eigenvalue weighted by atomic mass is 35.5. The Bertz CT molecular complexity index is 1340. The van der Waals surface area contributed by atoms with Crippen molar-refractivity contribution in [3.63, 3.8) is 0 Å². The van der Waals surface area contributed by atoms with Crippen LogP contribution in [-0.2, 0) is 19.4 Å². The van der Waals surface area contributed by atoms with E-state index in [2.05, 4.69) is 34.8 Å². The molecule has 1 aliphatic carbocycles. The number of fused-ring (bicyclic) bond motifs is 2. The van der Waals surface area contributed by atoms with Gasteiger partial charge in [0, 0.05) is 35.9 Å². The van der Waals surface area contributed by atoms with Gasteiger partial charge < -0.3 is 15.5 Å². The van der Waals surface area contributed by atoms with Gasteiger partial charge in [0.05, 0.1) is 5.69 Å². The Labute approximate surface area is 209 Å². The molecule has 3 aliphatic rings. The number of anilines is 1. The van der Waals surface area contributed by atoms with Crippen LogP contribution in [0.1, 0.15) is 56.1 Å². The summed E-state index contributed by atoms with van der Waals surface area (Å²) in [7, 11) is 0. The van der Waals surface area contributed by atoms with Crippen LogP contribution >= 0.6 is 11.6 Å². The smallest absolute Gasteiger partial charge is 0.277 e. The maximum absolute atomic E-state index is 14.0. The summed E-state index contributed by atoms with van der Waals surface area (Å²) in [4.78, 5) is 28.9. The zero-order chi connectivity index (χ0) is 24.1. The summed E-state index contributed by atoms with van der Waals surface area (Å²) < 4.78 is 1.59. The first-order valence-electron chi connectivity index (χ1n) is 12.3. The third kappa shape index (κ3) is 4.13. The van der Waals surface area contributed by atoms with E-state index >= 15 is 0 Å². The predicted molar refractivity (Wildman–Crippen MR) is 136 cm³/mol. The van der Waals surface area contributed by atoms with Gasteiger partial charge in [-0.3, -0.25) is 9.59 Å². The van der Waals surface area contributed by atoms with Crippen molar-refractivity contribution in [3.05, 3.63) is 75.1 Å². The van der Waals surface area contributed by atoms with Crippen LogP contribution in [0.5, 0.6) is 0 Å². The molecule has 3 heterocycles. The van der Waals surface area contributed by atoms with Gasteiger partial charge in [-0.05, 0) is 86.0 Å². The fraction of sp³-hybridized carbons (Fsp3) is 0.370. The number of aromatic nitrogens is 2. The van der Waals surface area contributed by atoms with Crippen molar-refractivity contribution in [2.45, 2.75) is 39.2 Å². The van der Waals surface area contributed by atoms with Crippen LogP contribution in [0.2, 0.25) is 5.02 Å². The SMILES string of the molecule is Cc1cc2c(cc1N1CCc3c(C(=O)NCC4CC4)nn(-c4cccc(Cl)c4)c3C1=O)CNCC2. The maximum atomic E-state index is 14.0. The van der Waals surface area contributed by atoms with E-state index in [0.29, 0.717) is 53.1 Å². The Balaban J connectivity index is 1.42. The Hall–Kier alpha value is -3.16. The summed E-state index contributed by atoms with van der Waals surface area (Å²) in [6.07, 6.45) is 3.86. The molecule has 0 saturated heterocycles. The molecule has 7 nitrogen and oxygen atoms in total. The second kappa shape index (κ2) is 8.81. The average Bonchev–Trinajstić information content (AvgIpc) is 3.60. The van der Waals surface area contributed by atoms with Crippen molar-refractivity contribution < 1.29 is 9.59 Å². The molecule has 35 heavy (non-hydrogen) atoms. The van der Waals surface area contributed by atoms with E-state index in [1.54, 1.807) is 16.8 Å². The summed E-state index contributed by atoms with van der Waals surface area (Å²) >= 11 is 6.27. The summed E-state index contributed by atoms with van der Waals surface area (Å²) in [6.45, 7) is 5.00. The first-order chi connectivity index (χ1) is 17.0. The Morgan fingerprint density at radius 3 is 2.86 bits per heavy atom. The number of amides is 2. The Morgan fingerprint density at radius 1 is 1.20 bits per heavy atom. The van der Waals surface area contributed by atoms with E-state index in [1.807, 2.05) is 17.0 Å². The highest BCUT2D eigenvalue weighted by Gasteiger charge is 2.36. The van der Waals surface area contributed by atoms with Crippen molar-refractivity contribution in [2.24, 2.45) is 5.92 Å². The van der Waals surface area contributed by atoms with Gasteiger partial charge in [-0.1, -0.05) is 23.7 Å². The van der Waals surface area contributed by atoms with Crippen molar-refractivity contribution in [1.29, 1.82) is 0 Å². The van der Waals surface area contributed by atoms with E-state index in [0.717, 1.165) is 43.6 Å². The van der Waals surface area contributed by atoms with Gasteiger partial charge in [-0.25, -0.2) is 4.68 Å². The van der Waals surface area contributed by atoms with Gasteiger partial charge >= 0.3 is 0 Å². The second-order valence-corrected chi connectivity index (χ2v) is 10.2. The Morgan fingerprint density at radius 2 is 2.06 bits per heavy atom. The topological polar surface area (TPSA) is 79.3 Å². The normalized spacial score (nSPS) is 17.2. The molecule has 2 aliphatic heterocycles. The predicted octanol–water partition coefficient (Wildman–Crippen LogP) is 3.82. The third-order valence-electron chi connectivity index (χ3n) is 7.23. The van der Waals surface area contributed by atoms with Gasteiger partial charge in [0.1, 0.15) is 5.69 Å². The zero-order valence-corrected chi connectivity index (χ0v) is 20.5. The fourth-order valence-corrected chi connectivity index (χ4v) is 5.33. The van der Waals surface area contributed by atoms with Crippen LogP contribution in [0.3, 0.4) is 0 Å². The van der Waals surface area contributed by atoms with Crippen LogP contribution in [0.15, 0.2) is 36.4 Å². The van der Waals surface area contributed by atoms with Crippen molar-refractivity contribution in [1.82, 2.24) is 20.4 Å². The molecular weight excluding hydrogens is 462 g/mol. The molecule has 1 aromatic heterocycles. The van der Waals surface area contributed by atoms with Crippen molar-refractivity contribution >= 4 is 29.1 Å². The number of benzene rings is 2. The molecule has 0 unspecified atom stereocenters. The van der Waals surface area contributed by atoms with Gasteiger partial charge in [-0.15, -0.1) is 0 Å². The number of hydrogen-bond acceptors (Lipinski definition) is 4. The third-order valence-corrected chi connectivity index (χ3v) is 7.46. The number of rotatable bonds is 5. The number of carbonyl (C=O) groups is 2. The molecule has 2 N–H and O–H groups in total. The lowest BCUT2D eigenvalue weighted by molar-refractivity contribution is 0.0945. The molecule has 0 bridgehead atoms. The summed E-state index contributed by atoms with van der Waals surface area (Å²) in [5.74, 6) is 0.196. The highest BCUT2D eigenvalue weighted by molar-refractivity contribution is 6.30. The molecule has 2 amide bonds. The van der Waals surface area contributed by atoms with E-state index in [4.69, 9.17) is 11.6 Å². The van der Waals surface area contributed by atoms with E-state index in [9.17, 15) is 9.59 Å². The first-order valence-corrected chi connectivity index (χ1v) is 12.7. The largest absolute Gasteiger partial charge is 0.350 e. The lowest BCUT2D eigenvalue weighted by Crippen LogP contribution is -2.40. The molecule has 1 saturated carbocycles. The van der Waals surface area contributed by atoms with Gasteiger partial charge in [-0.2, -0.15) is 5.10 Å². The highest BCUT2D eigenvalue weighted by Crippen LogP contribution is 2.33. The van der Waals surface area contributed by atoms with Crippen molar-refractivity contribution in [2.75, 3.05) is 24.5 Å². The monoisotopic (exact) mass is 489 g/mol. The van der Waals surface area contributed by atoms with Crippen molar-refractivity contribution in [3.8, 4) is 5.69 Å². The first kappa shape index (κ1) is 22.3. The molecule has 1 fully saturated rings. The minimum Gasteiger partial charge on any atom is -0.350 e. The number of nitrogens with zero attached hydrogens (tertiary/aromatic N) is 3. The maximum Gasteiger partial charge on any atom is 0.277 e.